The van der Waals surface area contributed by atoms with Crippen molar-refractivity contribution in [1.82, 2.24) is 9.99 Å². The molecule has 148 valence electrons. The summed E-state index contributed by atoms with van der Waals surface area (Å²) in [5, 5.41) is 26.6. The van der Waals surface area contributed by atoms with Crippen molar-refractivity contribution >= 4 is 28.6 Å². The van der Waals surface area contributed by atoms with E-state index in [2.05, 4.69) is 10.5 Å². The second kappa shape index (κ2) is 7.88. The Hall–Kier alpha value is -4.46. The lowest BCUT2D eigenvalue weighted by Gasteiger charge is -2.07. The highest BCUT2D eigenvalue weighted by Gasteiger charge is 2.12. The highest BCUT2D eigenvalue weighted by Crippen LogP contribution is 2.25. The van der Waals surface area contributed by atoms with E-state index in [4.69, 9.17) is 0 Å². The number of nitro benzene ring substituents is 1. The van der Waals surface area contributed by atoms with Crippen LogP contribution < -0.4 is 5.43 Å². The number of nitro groups is 1. The topological polar surface area (TPSA) is 110 Å². The van der Waals surface area contributed by atoms with E-state index in [1.165, 1.54) is 24.4 Å². The highest BCUT2D eigenvalue weighted by atomic mass is 16.6. The molecule has 0 aliphatic rings. The minimum Gasteiger partial charge on any atom is -0.507 e. The van der Waals surface area contributed by atoms with Gasteiger partial charge in [-0.25, -0.2) is 5.43 Å². The summed E-state index contributed by atoms with van der Waals surface area (Å²) in [6.45, 7) is 0. The number of carbonyl (C=O) groups is 1. The molecule has 3 aromatic carbocycles. The van der Waals surface area contributed by atoms with Gasteiger partial charge in [0.05, 0.1) is 22.4 Å². The summed E-state index contributed by atoms with van der Waals surface area (Å²) in [5.74, 6) is -0.668. The second-order valence-electron chi connectivity index (χ2n) is 6.49. The van der Waals surface area contributed by atoms with E-state index in [1.54, 1.807) is 41.1 Å². The Labute approximate surface area is 170 Å². The number of hydrazone groups is 1. The first-order valence-corrected chi connectivity index (χ1v) is 9.00. The van der Waals surface area contributed by atoms with Gasteiger partial charge >= 0.3 is 0 Å². The third kappa shape index (κ3) is 3.74. The molecular formula is C22H16N4O4. The third-order valence-corrected chi connectivity index (χ3v) is 4.59. The maximum absolute atomic E-state index is 12.4. The number of benzene rings is 3. The predicted octanol–water partition coefficient (Wildman–Crippen LogP) is 4.01. The number of hydrogen-bond donors (Lipinski definition) is 2. The number of phenols is 1. The van der Waals surface area contributed by atoms with E-state index in [-0.39, 0.29) is 17.0 Å². The molecule has 30 heavy (non-hydrogen) atoms. The summed E-state index contributed by atoms with van der Waals surface area (Å²) in [5.41, 5.74) is 3.91. The maximum atomic E-state index is 12.4. The molecule has 8 heteroatoms. The number of fused-ring (bicyclic) bond motifs is 1. The average molecular weight is 400 g/mol. The fourth-order valence-electron chi connectivity index (χ4n) is 3.10. The Balaban J connectivity index is 1.52. The monoisotopic (exact) mass is 400 g/mol. The van der Waals surface area contributed by atoms with Crippen molar-refractivity contribution in [2.75, 3.05) is 0 Å². The molecule has 0 bridgehead atoms. The number of nitrogens with one attached hydrogen (secondary N) is 1. The molecule has 4 aromatic rings. The van der Waals surface area contributed by atoms with Crippen LogP contribution in [-0.4, -0.2) is 26.7 Å². The second-order valence-corrected chi connectivity index (χ2v) is 6.49. The summed E-state index contributed by atoms with van der Waals surface area (Å²) in [6, 6.07) is 20.2. The van der Waals surface area contributed by atoms with E-state index < -0.39 is 10.8 Å². The number of amides is 1. The van der Waals surface area contributed by atoms with Crippen LogP contribution >= 0.6 is 0 Å². The van der Waals surface area contributed by atoms with Gasteiger partial charge in [-0.3, -0.25) is 14.9 Å². The number of carbonyl (C=O) groups excluding carboxylic acids is 1. The largest absolute Gasteiger partial charge is 0.507 e. The van der Waals surface area contributed by atoms with Gasteiger partial charge in [0.1, 0.15) is 5.75 Å². The van der Waals surface area contributed by atoms with Gasteiger partial charge in [0.15, 0.2) is 0 Å². The molecule has 1 heterocycles. The van der Waals surface area contributed by atoms with Crippen molar-refractivity contribution in [1.29, 1.82) is 0 Å². The summed E-state index contributed by atoms with van der Waals surface area (Å²) in [4.78, 5) is 22.8. The molecule has 0 unspecified atom stereocenters. The zero-order valence-corrected chi connectivity index (χ0v) is 15.6. The summed E-state index contributed by atoms with van der Waals surface area (Å²) < 4.78 is 1.77. The molecule has 4 rings (SSSR count). The van der Waals surface area contributed by atoms with Crippen LogP contribution in [0, 0.1) is 10.1 Å². The highest BCUT2D eigenvalue weighted by molar-refractivity contribution is 6.01. The van der Waals surface area contributed by atoms with E-state index in [0.29, 0.717) is 11.4 Å². The first kappa shape index (κ1) is 18.9. The predicted molar refractivity (Wildman–Crippen MR) is 113 cm³/mol. The number of aromatic nitrogens is 1. The van der Waals surface area contributed by atoms with Gasteiger partial charge in [-0.2, -0.15) is 5.10 Å². The fourth-order valence-corrected chi connectivity index (χ4v) is 3.10. The molecule has 8 nitrogen and oxygen atoms in total. The van der Waals surface area contributed by atoms with Gasteiger partial charge in [-0.1, -0.05) is 24.3 Å². The zero-order valence-electron chi connectivity index (χ0n) is 15.6. The lowest BCUT2D eigenvalue weighted by atomic mass is 10.1. The van der Waals surface area contributed by atoms with Crippen LogP contribution in [0.4, 0.5) is 5.69 Å². The number of hydrogen-bond acceptors (Lipinski definition) is 5. The number of rotatable bonds is 5. The maximum Gasteiger partial charge on any atom is 0.275 e. The van der Waals surface area contributed by atoms with Crippen molar-refractivity contribution in [3.63, 3.8) is 0 Å². The van der Waals surface area contributed by atoms with Gasteiger partial charge in [0.2, 0.25) is 0 Å². The van der Waals surface area contributed by atoms with Gasteiger partial charge in [-0.05, 0) is 47.2 Å². The minimum atomic E-state index is -0.539. The zero-order chi connectivity index (χ0) is 21.1. The Bertz CT molecular complexity index is 1280. The number of aromatic hydroxyl groups is 1. The van der Waals surface area contributed by atoms with E-state index in [9.17, 15) is 20.0 Å². The van der Waals surface area contributed by atoms with Crippen LogP contribution in [0.5, 0.6) is 5.75 Å². The molecule has 2 N–H and O–H groups in total. The molecule has 0 fully saturated rings. The first-order valence-electron chi connectivity index (χ1n) is 9.00. The van der Waals surface area contributed by atoms with Crippen molar-refractivity contribution in [2.45, 2.75) is 0 Å². The minimum absolute atomic E-state index is 0.00331. The average Bonchev–Trinajstić information content (AvgIpc) is 3.21. The number of phenolic OH excluding ortho intramolecular Hbond substituents is 1. The summed E-state index contributed by atoms with van der Waals surface area (Å²) in [7, 11) is 0. The third-order valence-electron chi connectivity index (χ3n) is 4.59. The van der Waals surface area contributed by atoms with E-state index in [0.717, 1.165) is 10.8 Å². The molecule has 0 atom stereocenters. The lowest BCUT2D eigenvalue weighted by molar-refractivity contribution is -0.384. The van der Waals surface area contributed by atoms with Gasteiger partial charge in [0, 0.05) is 24.0 Å². The summed E-state index contributed by atoms with van der Waals surface area (Å²) in [6.07, 6.45) is 3.23. The first-order chi connectivity index (χ1) is 14.5. The van der Waals surface area contributed by atoms with Crippen molar-refractivity contribution in [3.8, 4) is 11.4 Å². The van der Waals surface area contributed by atoms with Gasteiger partial charge in [0.25, 0.3) is 11.6 Å². The number of non-ortho nitro benzene ring substituents is 1. The van der Waals surface area contributed by atoms with Crippen molar-refractivity contribution in [2.24, 2.45) is 5.10 Å². The van der Waals surface area contributed by atoms with Crippen LogP contribution in [0.15, 0.2) is 84.1 Å². The molecule has 1 aromatic heterocycles. The molecule has 0 saturated heterocycles. The van der Waals surface area contributed by atoms with E-state index in [1.807, 2.05) is 24.3 Å². The van der Waals surface area contributed by atoms with Crippen LogP contribution in [0.2, 0.25) is 0 Å². The fraction of sp³-hybridized carbons (Fsp3) is 0. The van der Waals surface area contributed by atoms with E-state index >= 15 is 0 Å². The molecule has 0 spiro atoms. The Morgan fingerprint density at radius 1 is 1.03 bits per heavy atom. The Morgan fingerprint density at radius 3 is 2.43 bits per heavy atom. The molecule has 0 aliphatic heterocycles. The molecule has 0 aliphatic carbocycles. The summed E-state index contributed by atoms with van der Waals surface area (Å²) >= 11 is 0. The molecule has 0 saturated carbocycles. The van der Waals surface area contributed by atoms with Crippen LogP contribution in [0.1, 0.15) is 16.1 Å². The van der Waals surface area contributed by atoms with Crippen molar-refractivity contribution in [3.05, 3.63) is 100 Å². The van der Waals surface area contributed by atoms with Crippen LogP contribution in [0.25, 0.3) is 16.5 Å². The Kier molecular flexibility index (Phi) is 4.96. The molecular weight excluding hydrogens is 384 g/mol. The van der Waals surface area contributed by atoms with Crippen LogP contribution in [-0.2, 0) is 0 Å². The quantitative estimate of drug-likeness (QED) is 0.300. The van der Waals surface area contributed by atoms with Gasteiger partial charge in [-0.15, -0.1) is 0 Å². The normalized spacial score (nSPS) is 11.1. The standard InChI is InChI=1S/C22H16N4O4/c27-21-13-16-5-2-1-4-15(16)12-20(21)22(28)24-23-14-19-6-3-11-25(19)17-7-9-18(10-8-17)26(29)30/h1-14,27H,(H,24,28)/b23-14-. The molecule has 1 amide bonds. The van der Waals surface area contributed by atoms with Gasteiger partial charge < -0.3 is 9.67 Å². The molecule has 0 radical (unpaired) electrons. The lowest BCUT2D eigenvalue weighted by Crippen LogP contribution is -2.18. The smallest absolute Gasteiger partial charge is 0.275 e. The van der Waals surface area contributed by atoms with Crippen LogP contribution in [0.3, 0.4) is 0 Å². The number of nitrogens with zero attached hydrogens (tertiary/aromatic N) is 3. The van der Waals surface area contributed by atoms with Crippen molar-refractivity contribution < 1.29 is 14.8 Å². The Morgan fingerprint density at radius 2 is 1.73 bits per heavy atom. The SMILES string of the molecule is O=C(N/N=C\c1cccn1-c1ccc([N+](=O)[O-])cc1)c1cc2ccccc2cc1O.